The lowest BCUT2D eigenvalue weighted by Gasteiger charge is -2.32. The third-order valence-electron chi connectivity index (χ3n) is 5.19. The van der Waals surface area contributed by atoms with E-state index >= 15 is 0 Å². The molecule has 1 aromatic heterocycles. The van der Waals surface area contributed by atoms with Gasteiger partial charge < -0.3 is 19.9 Å². The first-order valence-corrected chi connectivity index (χ1v) is 9.39. The number of carbonyl (C=O) groups excluding carboxylic acids is 2. The molecule has 0 aromatic carbocycles. The van der Waals surface area contributed by atoms with E-state index in [2.05, 4.69) is 15.2 Å². The number of ether oxygens (including phenoxy) is 1. The molecule has 0 unspecified atom stereocenters. The van der Waals surface area contributed by atoms with Crippen molar-refractivity contribution in [3.8, 4) is 0 Å². The predicted octanol–water partition coefficient (Wildman–Crippen LogP) is 0.769. The lowest BCUT2D eigenvalue weighted by molar-refractivity contribution is -0.127. The summed E-state index contributed by atoms with van der Waals surface area (Å²) in [5.74, 6) is -0.0193. The van der Waals surface area contributed by atoms with Crippen LogP contribution in [-0.2, 0) is 9.53 Å². The minimum absolute atomic E-state index is 0.0423. The highest BCUT2D eigenvalue weighted by Crippen LogP contribution is 2.20. The molecular weight excluding hydrogens is 332 g/mol. The van der Waals surface area contributed by atoms with Crippen LogP contribution in [0.2, 0.25) is 0 Å². The lowest BCUT2D eigenvalue weighted by atomic mass is 9.95. The third-order valence-corrected chi connectivity index (χ3v) is 5.19. The summed E-state index contributed by atoms with van der Waals surface area (Å²) in [4.78, 5) is 33.2. The van der Waals surface area contributed by atoms with Gasteiger partial charge in [-0.15, -0.1) is 0 Å². The van der Waals surface area contributed by atoms with Crippen LogP contribution >= 0.6 is 0 Å². The second-order valence-corrected chi connectivity index (χ2v) is 7.11. The van der Waals surface area contributed by atoms with E-state index in [-0.39, 0.29) is 29.9 Å². The molecule has 1 aromatic rings. The molecule has 2 atom stereocenters. The number of piperidine rings is 1. The Kier molecular flexibility index (Phi) is 6.21. The monoisotopic (exact) mass is 360 g/mol. The first-order valence-electron chi connectivity index (χ1n) is 9.39. The van der Waals surface area contributed by atoms with Crippen LogP contribution < -0.4 is 5.32 Å². The molecule has 2 amide bonds. The maximum absolute atomic E-state index is 12.7. The van der Waals surface area contributed by atoms with Crippen molar-refractivity contribution in [1.82, 2.24) is 20.1 Å². The molecular formula is C19H28N4O3. The molecule has 2 aliphatic rings. The summed E-state index contributed by atoms with van der Waals surface area (Å²) in [7, 11) is 2.04. The second kappa shape index (κ2) is 8.60. The number of amides is 2. The van der Waals surface area contributed by atoms with Crippen LogP contribution in [0, 0.1) is 5.92 Å². The van der Waals surface area contributed by atoms with Crippen LogP contribution in [0.25, 0.3) is 0 Å². The van der Waals surface area contributed by atoms with Gasteiger partial charge in [-0.05, 0) is 38.9 Å². The fourth-order valence-corrected chi connectivity index (χ4v) is 3.78. The summed E-state index contributed by atoms with van der Waals surface area (Å²) in [5, 5.41) is 3.17. The van der Waals surface area contributed by atoms with Gasteiger partial charge in [0.1, 0.15) is 5.69 Å². The summed E-state index contributed by atoms with van der Waals surface area (Å²) in [6, 6.07) is 5.38. The fourth-order valence-electron chi connectivity index (χ4n) is 3.78. The Labute approximate surface area is 154 Å². The molecule has 0 saturated carbocycles. The number of hydrogen-bond acceptors (Lipinski definition) is 5. The summed E-state index contributed by atoms with van der Waals surface area (Å²) < 4.78 is 5.76. The highest BCUT2D eigenvalue weighted by atomic mass is 16.5. The largest absolute Gasteiger partial charge is 0.375 e. The van der Waals surface area contributed by atoms with Gasteiger partial charge in [-0.1, -0.05) is 6.07 Å². The van der Waals surface area contributed by atoms with Gasteiger partial charge in [0.15, 0.2) is 0 Å². The van der Waals surface area contributed by atoms with Crippen LogP contribution in [0.15, 0.2) is 24.4 Å². The number of rotatable bonds is 5. The SMILES string of the molecule is CCO[C@H]1CN(C)C[C@@H]1NC(=O)C1CCN(C(=O)c2ccccn2)CC1. The van der Waals surface area contributed by atoms with E-state index in [1.165, 1.54) is 0 Å². The highest BCUT2D eigenvalue weighted by Gasteiger charge is 2.35. The number of aromatic nitrogens is 1. The quantitative estimate of drug-likeness (QED) is 0.840. The smallest absolute Gasteiger partial charge is 0.272 e. The molecule has 7 heteroatoms. The Morgan fingerprint density at radius 1 is 1.27 bits per heavy atom. The minimum atomic E-state index is -0.0571. The van der Waals surface area contributed by atoms with Crippen LogP contribution in [0.4, 0.5) is 0 Å². The Balaban J connectivity index is 1.50. The molecule has 0 bridgehead atoms. The van der Waals surface area contributed by atoms with Gasteiger partial charge in [0.2, 0.25) is 5.91 Å². The predicted molar refractivity (Wildman–Crippen MR) is 97.7 cm³/mol. The van der Waals surface area contributed by atoms with Gasteiger partial charge in [0.25, 0.3) is 5.91 Å². The Hall–Kier alpha value is -1.99. The molecule has 7 nitrogen and oxygen atoms in total. The van der Waals surface area contributed by atoms with Gasteiger partial charge in [0.05, 0.1) is 12.1 Å². The maximum atomic E-state index is 12.7. The molecule has 3 rings (SSSR count). The molecule has 2 fully saturated rings. The molecule has 0 radical (unpaired) electrons. The summed E-state index contributed by atoms with van der Waals surface area (Å²) in [6.07, 6.45) is 3.05. The number of nitrogens with one attached hydrogen (secondary N) is 1. The highest BCUT2D eigenvalue weighted by molar-refractivity contribution is 5.92. The van der Waals surface area contributed by atoms with E-state index < -0.39 is 0 Å². The zero-order valence-corrected chi connectivity index (χ0v) is 15.6. The van der Waals surface area contributed by atoms with E-state index in [0.717, 1.165) is 13.1 Å². The standard InChI is InChI=1S/C19H28N4O3/c1-3-26-17-13-22(2)12-16(17)21-18(24)14-7-10-23(11-8-14)19(25)15-6-4-5-9-20-15/h4-6,9,14,16-17H,3,7-8,10-13H2,1-2H3,(H,21,24)/t16-,17-/m0/s1. The number of pyridine rings is 1. The minimum Gasteiger partial charge on any atom is -0.375 e. The lowest BCUT2D eigenvalue weighted by Crippen LogP contribution is -2.49. The van der Waals surface area contributed by atoms with Crippen LogP contribution in [0.3, 0.4) is 0 Å². The van der Waals surface area contributed by atoms with Crippen molar-refractivity contribution in [1.29, 1.82) is 0 Å². The van der Waals surface area contributed by atoms with E-state index in [1.54, 1.807) is 23.2 Å². The molecule has 142 valence electrons. The zero-order chi connectivity index (χ0) is 18.5. The Bertz CT molecular complexity index is 616. The van der Waals surface area contributed by atoms with E-state index in [9.17, 15) is 9.59 Å². The molecule has 26 heavy (non-hydrogen) atoms. The summed E-state index contributed by atoms with van der Waals surface area (Å²) in [5.41, 5.74) is 0.462. The van der Waals surface area contributed by atoms with E-state index in [1.807, 2.05) is 20.0 Å². The molecule has 2 aliphatic heterocycles. The van der Waals surface area contributed by atoms with Crippen LogP contribution in [-0.4, -0.2) is 78.6 Å². The average molecular weight is 360 g/mol. The number of likely N-dealkylation sites (N-methyl/N-ethyl adjacent to an activating group) is 1. The van der Waals surface area contributed by atoms with Gasteiger partial charge in [-0.3, -0.25) is 14.6 Å². The van der Waals surface area contributed by atoms with Crippen molar-refractivity contribution in [2.45, 2.75) is 31.9 Å². The van der Waals surface area contributed by atoms with Crippen LogP contribution in [0.1, 0.15) is 30.3 Å². The number of hydrogen-bond donors (Lipinski definition) is 1. The van der Waals surface area contributed by atoms with E-state index in [0.29, 0.717) is 38.2 Å². The Morgan fingerprint density at radius 2 is 2.04 bits per heavy atom. The fraction of sp³-hybridized carbons (Fsp3) is 0.632. The average Bonchev–Trinajstić information content (AvgIpc) is 3.01. The van der Waals surface area contributed by atoms with Crippen molar-refractivity contribution < 1.29 is 14.3 Å². The summed E-state index contributed by atoms with van der Waals surface area (Å²) >= 11 is 0. The second-order valence-electron chi connectivity index (χ2n) is 7.11. The van der Waals surface area contributed by atoms with Gasteiger partial charge >= 0.3 is 0 Å². The maximum Gasteiger partial charge on any atom is 0.272 e. The van der Waals surface area contributed by atoms with Crippen LogP contribution in [0.5, 0.6) is 0 Å². The van der Waals surface area contributed by atoms with Crippen molar-refractivity contribution >= 4 is 11.8 Å². The van der Waals surface area contributed by atoms with Crippen molar-refractivity contribution in [3.05, 3.63) is 30.1 Å². The molecule has 0 aliphatic carbocycles. The normalized spacial score (nSPS) is 24.6. The van der Waals surface area contributed by atoms with Crippen molar-refractivity contribution in [2.24, 2.45) is 5.92 Å². The number of nitrogens with zero attached hydrogens (tertiary/aromatic N) is 3. The van der Waals surface area contributed by atoms with Crippen molar-refractivity contribution in [3.63, 3.8) is 0 Å². The first kappa shape index (κ1) is 18.8. The molecule has 1 N–H and O–H groups in total. The van der Waals surface area contributed by atoms with Gasteiger partial charge in [-0.2, -0.15) is 0 Å². The number of carbonyl (C=O) groups is 2. The topological polar surface area (TPSA) is 74.8 Å². The first-order chi connectivity index (χ1) is 12.6. The molecule has 2 saturated heterocycles. The van der Waals surface area contributed by atoms with Gasteiger partial charge in [0, 0.05) is 44.9 Å². The van der Waals surface area contributed by atoms with Gasteiger partial charge in [-0.25, -0.2) is 0 Å². The molecule has 0 spiro atoms. The third kappa shape index (κ3) is 4.40. The van der Waals surface area contributed by atoms with E-state index in [4.69, 9.17) is 4.74 Å². The molecule has 3 heterocycles. The Morgan fingerprint density at radius 3 is 2.69 bits per heavy atom. The summed E-state index contributed by atoms with van der Waals surface area (Å²) in [6.45, 7) is 5.47. The zero-order valence-electron chi connectivity index (χ0n) is 15.6. The number of likely N-dealkylation sites (tertiary alicyclic amines) is 2. The van der Waals surface area contributed by atoms with Crippen molar-refractivity contribution in [2.75, 3.05) is 39.8 Å².